The van der Waals surface area contributed by atoms with Crippen molar-refractivity contribution < 1.29 is 19.5 Å². The third-order valence-corrected chi connectivity index (χ3v) is 4.53. The van der Waals surface area contributed by atoms with Crippen LogP contribution in [0.15, 0.2) is 54.6 Å². The summed E-state index contributed by atoms with van der Waals surface area (Å²) in [6.07, 6.45) is 1.89. The number of hydrogen-bond acceptors (Lipinski definition) is 3. The van der Waals surface area contributed by atoms with Gasteiger partial charge in [-0.1, -0.05) is 50.2 Å². The average molecular weight is 396 g/mol. The van der Waals surface area contributed by atoms with Gasteiger partial charge < -0.3 is 15.3 Å². The van der Waals surface area contributed by atoms with Gasteiger partial charge in [0.2, 0.25) is 0 Å². The van der Waals surface area contributed by atoms with Gasteiger partial charge in [-0.3, -0.25) is 9.59 Å². The zero-order chi connectivity index (χ0) is 21.2. The largest absolute Gasteiger partial charge is 0.480 e. The lowest BCUT2D eigenvalue weighted by atomic mass is 10.0. The summed E-state index contributed by atoms with van der Waals surface area (Å²) in [5.41, 5.74) is 1.51. The van der Waals surface area contributed by atoms with E-state index in [0.717, 1.165) is 18.4 Å². The molecule has 6 heteroatoms. The zero-order valence-corrected chi connectivity index (χ0v) is 16.9. The van der Waals surface area contributed by atoms with Crippen LogP contribution >= 0.6 is 0 Å². The quantitative estimate of drug-likeness (QED) is 0.645. The lowest BCUT2D eigenvalue weighted by Crippen LogP contribution is -2.42. The summed E-state index contributed by atoms with van der Waals surface area (Å²) >= 11 is 0. The van der Waals surface area contributed by atoms with Crippen LogP contribution in [0.2, 0.25) is 0 Å². The second-order valence-corrected chi connectivity index (χ2v) is 6.93. The predicted molar refractivity (Wildman–Crippen MR) is 112 cm³/mol. The molecule has 2 aromatic rings. The molecule has 2 amide bonds. The van der Waals surface area contributed by atoms with Crippen molar-refractivity contribution in [3.8, 4) is 0 Å². The number of carbonyl (C=O) groups excluding carboxylic acids is 2. The molecule has 2 aromatic carbocycles. The summed E-state index contributed by atoms with van der Waals surface area (Å²) in [7, 11) is 0. The first-order valence-electron chi connectivity index (χ1n) is 9.93. The molecule has 2 rings (SSSR count). The van der Waals surface area contributed by atoms with Crippen LogP contribution in [-0.2, 0) is 11.2 Å². The van der Waals surface area contributed by atoms with Crippen LogP contribution in [0.3, 0.4) is 0 Å². The Kier molecular flexibility index (Phi) is 8.40. The highest BCUT2D eigenvalue weighted by atomic mass is 16.4. The summed E-state index contributed by atoms with van der Waals surface area (Å²) in [5, 5.41) is 12.1. The molecule has 1 atom stereocenters. The Morgan fingerprint density at radius 1 is 0.931 bits per heavy atom. The summed E-state index contributed by atoms with van der Waals surface area (Å²) in [6.45, 7) is 5.33. The van der Waals surface area contributed by atoms with Crippen LogP contribution in [0.1, 0.15) is 53.0 Å². The van der Waals surface area contributed by atoms with Crippen LogP contribution in [0.5, 0.6) is 0 Å². The van der Waals surface area contributed by atoms with Gasteiger partial charge in [-0.2, -0.15) is 0 Å². The Hall–Kier alpha value is -3.15. The van der Waals surface area contributed by atoms with Crippen molar-refractivity contribution in [1.29, 1.82) is 0 Å². The molecule has 0 aliphatic rings. The second kappa shape index (κ2) is 11.0. The van der Waals surface area contributed by atoms with Crippen LogP contribution in [0.4, 0.5) is 0 Å². The lowest BCUT2D eigenvalue weighted by Gasteiger charge is -2.22. The van der Waals surface area contributed by atoms with E-state index in [1.54, 1.807) is 23.1 Å². The number of nitrogens with one attached hydrogen (secondary N) is 1. The third-order valence-electron chi connectivity index (χ3n) is 4.53. The molecule has 0 aliphatic heterocycles. The van der Waals surface area contributed by atoms with Crippen LogP contribution in [-0.4, -0.2) is 46.9 Å². The van der Waals surface area contributed by atoms with E-state index in [0.29, 0.717) is 18.7 Å². The minimum Gasteiger partial charge on any atom is -0.480 e. The van der Waals surface area contributed by atoms with Crippen LogP contribution in [0, 0.1) is 0 Å². The molecule has 0 heterocycles. The standard InChI is InChI=1S/C23H28N2O4/c1-3-13-25(14-4-2)22(27)19-12-8-11-18(16-19)21(26)24-20(23(28)29)15-17-9-6-5-7-10-17/h5-12,16,20H,3-4,13-15H2,1-2H3,(H,24,26)(H,28,29)/t20-/m1/s1. The van der Waals surface area contributed by atoms with E-state index >= 15 is 0 Å². The number of nitrogens with zero attached hydrogens (tertiary/aromatic N) is 1. The Morgan fingerprint density at radius 2 is 1.55 bits per heavy atom. The lowest BCUT2D eigenvalue weighted by molar-refractivity contribution is -0.139. The maximum atomic E-state index is 12.8. The molecule has 0 spiro atoms. The van der Waals surface area contributed by atoms with Gasteiger partial charge in [-0.15, -0.1) is 0 Å². The van der Waals surface area contributed by atoms with E-state index in [1.807, 2.05) is 44.2 Å². The zero-order valence-electron chi connectivity index (χ0n) is 16.9. The van der Waals surface area contributed by atoms with Crippen molar-refractivity contribution in [3.63, 3.8) is 0 Å². The molecule has 2 N–H and O–H groups in total. The van der Waals surface area contributed by atoms with Crippen molar-refractivity contribution >= 4 is 17.8 Å². The van der Waals surface area contributed by atoms with Crippen LogP contribution < -0.4 is 5.32 Å². The van der Waals surface area contributed by atoms with Gasteiger partial charge >= 0.3 is 5.97 Å². The summed E-state index contributed by atoms with van der Waals surface area (Å²) < 4.78 is 0. The molecular weight excluding hydrogens is 368 g/mol. The van der Waals surface area contributed by atoms with Gasteiger partial charge in [0.25, 0.3) is 11.8 Å². The van der Waals surface area contributed by atoms with E-state index in [4.69, 9.17) is 0 Å². The first-order chi connectivity index (χ1) is 14.0. The molecule has 0 aromatic heterocycles. The Balaban J connectivity index is 2.14. The minimum atomic E-state index is -1.11. The molecule has 0 aliphatic carbocycles. The normalized spacial score (nSPS) is 11.5. The van der Waals surface area contributed by atoms with Gasteiger partial charge in [0.15, 0.2) is 0 Å². The topological polar surface area (TPSA) is 86.7 Å². The van der Waals surface area contributed by atoms with Crippen LogP contribution in [0.25, 0.3) is 0 Å². The molecular formula is C23H28N2O4. The Morgan fingerprint density at radius 3 is 2.14 bits per heavy atom. The molecule has 29 heavy (non-hydrogen) atoms. The fraction of sp³-hybridized carbons (Fsp3) is 0.348. The number of aliphatic carboxylic acids is 1. The summed E-state index contributed by atoms with van der Waals surface area (Å²) in [5.74, 6) is -1.74. The average Bonchev–Trinajstić information content (AvgIpc) is 2.73. The molecule has 154 valence electrons. The van der Waals surface area contributed by atoms with E-state index in [2.05, 4.69) is 5.32 Å². The number of carbonyl (C=O) groups is 3. The molecule has 0 saturated carbocycles. The van der Waals surface area contributed by atoms with Gasteiger partial charge in [0.05, 0.1) is 0 Å². The molecule has 0 fully saturated rings. The third kappa shape index (κ3) is 6.45. The van der Waals surface area contributed by atoms with E-state index in [1.165, 1.54) is 6.07 Å². The SMILES string of the molecule is CCCN(CCC)C(=O)c1cccc(C(=O)N[C@H](Cc2ccccc2)C(=O)O)c1. The van der Waals surface area contributed by atoms with Gasteiger partial charge in [-0.25, -0.2) is 4.79 Å². The van der Waals surface area contributed by atoms with E-state index in [-0.39, 0.29) is 17.9 Å². The smallest absolute Gasteiger partial charge is 0.326 e. The number of amides is 2. The molecule has 0 radical (unpaired) electrons. The fourth-order valence-electron chi connectivity index (χ4n) is 3.12. The number of benzene rings is 2. The Bertz CT molecular complexity index is 830. The Labute approximate surface area is 171 Å². The van der Waals surface area contributed by atoms with Crippen molar-refractivity contribution in [1.82, 2.24) is 10.2 Å². The highest BCUT2D eigenvalue weighted by Gasteiger charge is 2.22. The van der Waals surface area contributed by atoms with Gasteiger partial charge in [-0.05, 0) is 36.6 Å². The minimum absolute atomic E-state index is 0.123. The van der Waals surface area contributed by atoms with Gasteiger partial charge in [0.1, 0.15) is 6.04 Å². The first kappa shape index (κ1) is 22.1. The first-order valence-corrected chi connectivity index (χ1v) is 9.93. The monoisotopic (exact) mass is 396 g/mol. The van der Waals surface area contributed by atoms with E-state index < -0.39 is 17.9 Å². The van der Waals surface area contributed by atoms with Gasteiger partial charge in [0, 0.05) is 30.6 Å². The summed E-state index contributed by atoms with van der Waals surface area (Å²) in [6, 6.07) is 14.5. The number of hydrogen-bond donors (Lipinski definition) is 2. The number of carboxylic acid groups (broad SMARTS) is 1. The highest BCUT2D eigenvalue weighted by Crippen LogP contribution is 2.11. The number of carboxylic acids is 1. The highest BCUT2D eigenvalue weighted by molar-refractivity contribution is 6.00. The van der Waals surface area contributed by atoms with Crippen molar-refractivity contribution in [3.05, 3.63) is 71.3 Å². The maximum Gasteiger partial charge on any atom is 0.326 e. The fourth-order valence-corrected chi connectivity index (χ4v) is 3.12. The number of rotatable bonds is 10. The summed E-state index contributed by atoms with van der Waals surface area (Å²) in [4.78, 5) is 38.8. The molecule has 0 saturated heterocycles. The van der Waals surface area contributed by atoms with Crippen molar-refractivity contribution in [2.75, 3.05) is 13.1 Å². The second-order valence-electron chi connectivity index (χ2n) is 6.93. The predicted octanol–water partition coefficient (Wildman–Crippen LogP) is 3.37. The van der Waals surface area contributed by atoms with E-state index in [9.17, 15) is 19.5 Å². The molecule has 0 bridgehead atoms. The molecule has 0 unspecified atom stereocenters. The maximum absolute atomic E-state index is 12.8. The van der Waals surface area contributed by atoms with Crippen molar-refractivity contribution in [2.24, 2.45) is 0 Å². The van der Waals surface area contributed by atoms with Crippen molar-refractivity contribution in [2.45, 2.75) is 39.2 Å². The molecule has 6 nitrogen and oxygen atoms in total.